The van der Waals surface area contributed by atoms with Crippen LogP contribution in [0.3, 0.4) is 0 Å². The molecule has 96 valence electrons. The molecule has 1 rings (SSSR count). The fraction of sp³-hybridized carbons (Fsp3) is 1.00. The Morgan fingerprint density at radius 2 is 1.94 bits per heavy atom. The van der Waals surface area contributed by atoms with Crippen LogP contribution in [0.15, 0.2) is 0 Å². The summed E-state index contributed by atoms with van der Waals surface area (Å²) >= 11 is 0. The molecule has 0 spiro atoms. The first-order valence-corrected chi connectivity index (χ1v) is 7.16. The van der Waals surface area contributed by atoms with Crippen molar-refractivity contribution in [2.24, 2.45) is 11.8 Å². The van der Waals surface area contributed by atoms with E-state index >= 15 is 0 Å². The SMILES string of the molecule is CCNC(CN(CC)CC1CC1)C(C)CC. The molecule has 2 atom stereocenters. The Kier molecular flexibility index (Phi) is 6.37. The minimum Gasteiger partial charge on any atom is -0.313 e. The van der Waals surface area contributed by atoms with E-state index in [0.717, 1.165) is 18.4 Å². The van der Waals surface area contributed by atoms with Crippen molar-refractivity contribution in [1.82, 2.24) is 10.2 Å². The third-order valence-corrected chi connectivity index (χ3v) is 3.91. The van der Waals surface area contributed by atoms with E-state index in [-0.39, 0.29) is 0 Å². The number of hydrogen-bond acceptors (Lipinski definition) is 2. The van der Waals surface area contributed by atoms with Gasteiger partial charge in [0.15, 0.2) is 0 Å². The average Bonchev–Trinajstić information content (AvgIpc) is 3.10. The first-order valence-electron chi connectivity index (χ1n) is 7.16. The van der Waals surface area contributed by atoms with Crippen LogP contribution in [0.1, 0.15) is 47.0 Å². The van der Waals surface area contributed by atoms with Gasteiger partial charge in [0, 0.05) is 19.1 Å². The highest BCUT2D eigenvalue weighted by Gasteiger charge is 2.25. The lowest BCUT2D eigenvalue weighted by molar-refractivity contribution is 0.213. The Hall–Kier alpha value is -0.0800. The molecule has 0 heterocycles. The lowest BCUT2D eigenvalue weighted by Gasteiger charge is -2.30. The molecule has 0 saturated heterocycles. The summed E-state index contributed by atoms with van der Waals surface area (Å²) in [6, 6.07) is 0.675. The van der Waals surface area contributed by atoms with Crippen molar-refractivity contribution in [2.45, 2.75) is 53.0 Å². The number of nitrogens with one attached hydrogen (secondary N) is 1. The second kappa shape index (κ2) is 7.29. The zero-order valence-corrected chi connectivity index (χ0v) is 11.6. The Bertz CT molecular complexity index is 178. The molecule has 0 radical (unpaired) electrons. The predicted octanol–water partition coefficient (Wildman–Crippen LogP) is 2.74. The van der Waals surface area contributed by atoms with E-state index < -0.39 is 0 Å². The van der Waals surface area contributed by atoms with E-state index in [0.29, 0.717) is 6.04 Å². The molecule has 1 fully saturated rings. The molecule has 0 bridgehead atoms. The molecule has 1 aliphatic carbocycles. The summed E-state index contributed by atoms with van der Waals surface area (Å²) in [5, 5.41) is 3.65. The van der Waals surface area contributed by atoms with Gasteiger partial charge in [0.25, 0.3) is 0 Å². The van der Waals surface area contributed by atoms with Crippen LogP contribution in [-0.4, -0.2) is 37.1 Å². The van der Waals surface area contributed by atoms with Crippen molar-refractivity contribution >= 4 is 0 Å². The lowest BCUT2D eigenvalue weighted by Crippen LogP contribution is -2.45. The Morgan fingerprint density at radius 1 is 1.25 bits per heavy atom. The molecule has 1 aliphatic rings. The summed E-state index contributed by atoms with van der Waals surface area (Å²) in [7, 11) is 0. The van der Waals surface area contributed by atoms with Gasteiger partial charge in [-0.15, -0.1) is 0 Å². The molecule has 1 N–H and O–H groups in total. The van der Waals surface area contributed by atoms with Crippen molar-refractivity contribution in [1.29, 1.82) is 0 Å². The molecule has 1 saturated carbocycles. The third-order valence-electron chi connectivity index (χ3n) is 3.91. The normalized spacial score (nSPS) is 20.1. The van der Waals surface area contributed by atoms with Gasteiger partial charge >= 0.3 is 0 Å². The maximum atomic E-state index is 3.65. The van der Waals surface area contributed by atoms with Gasteiger partial charge in [-0.1, -0.05) is 34.1 Å². The van der Waals surface area contributed by atoms with E-state index in [1.807, 2.05) is 0 Å². The molecule has 0 amide bonds. The molecular weight excluding hydrogens is 196 g/mol. The van der Waals surface area contributed by atoms with E-state index in [4.69, 9.17) is 0 Å². The second-order valence-corrected chi connectivity index (χ2v) is 5.35. The van der Waals surface area contributed by atoms with Crippen molar-refractivity contribution in [3.63, 3.8) is 0 Å². The first-order chi connectivity index (χ1) is 7.71. The second-order valence-electron chi connectivity index (χ2n) is 5.35. The van der Waals surface area contributed by atoms with Crippen molar-refractivity contribution in [2.75, 3.05) is 26.2 Å². The smallest absolute Gasteiger partial charge is 0.0220 e. The van der Waals surface area contributed by atoms with Gasteiger partial charge in [-0.2, -0.15) is 0 Å². The summed E-state index contributed by atoms with van der Waals surface area (Å²) in [5.41, 5.74) is 0. The number of rotatable bonds is 9. The molecule has 2 nitrogen and oxygen atoms in total. The van der Waals surface area contributed by atoms with Crippen LogP contribution in [0, 0.1) is 11.8 Å². The molecule has 0 aliphatic heterocycles. The number of likely N-dealkylation sites (N-methyl/N-ethyl adjacent to an activating group) is 2. The molecule has 16 heavy (non-hydrogen) atoms. The van der Waals surface area contributed by atoms with Crippen molar-refractivity contribution < 1.29 is 0 Å². The maximum Gasteiger partial charge on any atom is 0.0220 e. The Balaban J connectivity index is 2.36. The quantitative estimate of drug-likeness (QED) is 0.650. The highest BCUT2D eigenvalue weighted by Crippen LogP contribution is 2.29. The topological polar surface area (TPSA) is 15.3 Å². The monoisotopic (exact) mass is 226 g/mol. The molecule has 0 aromatic heterocycles. The van der Waals surface area contributed by atoms with E-state index in [9.17, 15) is 0 Å². The van der Waals surface area contributed by atoms with Crippen LogP contribution in [-0.2, 0) is 0 Å². The van der Waals surface area contributed by atoms with Crippen LogP contribution in [0.2, 0.25) is 0 Å². The van der Waals surface area contributed by atoms with Crippen LogP contribution in [0.25, 0.3) is 0 Å². The van der Waals surface area contributed by atoms with E-state index in [1.165, 1.54) is 38.9 Å². The van der Waals surface area contributed by atoms with Crippen LogP contribution >= 0.6 is 0 Å². The van der Waals surface area contributed by atoms with Gasteiger partial charge in [-0.05, 0) is 37.8 Å². The van der Waals surface area contributed by atoms with Gasteiger partial charge in [-0.25, -0.2) is 0 Å². The van der Waals surface area contributed by atoms with Crippen LogP contribution in [0.5, 0.6) is 0 Å². The summed E-state index contributed by atoms with van der Waals surface area (Å²) < 4.78 is 0. The Labute approximate surface area is 102 Å². The molecule has 2 heteroatoms. The number of nitrogens with zero attached hydrogens (tertiary/aromatic N) is 1. The van der Waals surface area contributed by atoms with Gasteiger partial charge < -0.3 is 10.2 Å². The molecule has 2 unspecified atom stereocenters. The number of hydrogen-bond donors (Lipinski definition) is 1. The van der Waals surface area contributed by atoms with E-state index in [2.05, 4.69) is 37.9 Å². The molecule has 0 aromatic carbocycles. The maximum absolute atomic E-state index is 3.65. The van der Waals surface area contributed by atoms with Crippen molar-refractivity contribution in [3.8, 4) is 0 Å². The van der Waals surface area contributed by atoms with E-state index in [1.54, 1.807) is 0 Å². The lowest BCUT2D eigenvalue weighted by atomic mass is 9.98. The summed E-state index contributed by atoms with van der Waals surface area (Å²) in [4.78, 5) is 2.64. The van der Waals surface area contributed by atoms with Gasteiger partial charge in [-0.3, -0.25) is 0 Å². The van der Waals surface area contributed by atoms with Crippen molar-refractivity contribution in [3.05, 3.63) is 0 Å². The van der Waals surface area contributed by atoms with Crippen LogP contribution in [0.4, 0.5) is 0 Å². The first kappa shape index (κ1) is 14.0. The summed E-state index contributed by atoms with van der Waals surface area (Å²) in [5.74, 6) is 1.80. The minimum atomic E-state index is 0.675. The zero-order chi connectivity index (χ0) is 12.0. The standard InChI is InChI=1S/C14H30N2/c1-5-12(4)14(15-6-2)11-16(7-3)10-13-8-9-13/h12-15H,5-11H2,1-4H3. The largest absolute Gasteiger partial charge is 0.313 e. The van der Waals surface area contributed by atoms with Crippen LogP contribution < -0.4 is 5.32 Å². The zero-order valence-electron chi connectivity index (χ0n) is 11.6. The molecular formula is C14H30N2. The predicted molar refractivity (Wildman–Crippen MR) is 71.8 cm³/mol. The third kappa shape index (κ3) is 4.84. The molecule has 0 aromatic rings. The summed E-state index contributed by atoms with van der Waals surface area (Å²) in [6.07, 6.45) is 4.20. The Morgan fingerprint density at radius 3 is 2.38 bits per heavy atom. The highest BCUT2D eigenvalue weighted by atomic mass is 15.1. The van der Waals surface area contributed by atoms with Gasteiger partial charge in [0.1, 0.15) is 0 Å². The average molecular weight is 226 g/mol. The van der Waals surface area contributed by atoms with Gasteiger partial charge in [0.05, 0.1) is 0 Å². The minimum absolute atomic E-state index is 0.675. The summed E-state index contributed by atoms with van der Waals surface area (Å²) in [6.45, 7) is 14.0. The highest BCUT2D eigenvalue weighted by molar-refractivity contribution is 4.81. The fourth-order valence-corrected chi connectivity index (χ4v) is 2.27. The van der Waals surface area contributed by atoms with Gasteiger partial charge in [0.2, 0.25) is 0 Å². The fourth-order valence-electron chi connectivity index (χ4n) is 2.27.